The largest absolute Gasteiger partial charge is 0.398 e. The molecule has 0 unspecified atom stereocenters. The fourth-order valence-electron chi connectivity index (χ4n) is 1.55. The van der Waals surface area contributed by atoms with Crippen LogP contribution in [0, 0.1) is 0 Å². The van der Waals surface area contributed by atoms with Crippen LogP contribution in [0.2, 0.25) is 12.6 Å². The molecule has 0 aliphatic carbocycles. The van der Waals surface area contributed by atoms with Gasteiger partial charge in [-0.1, -0.05) is 30.3 Å². The molecule has 4 heteroatoms. The Morgan fingerprint density at radius 2 is 1.76 bits per heavy atom. The summed E-state index contributed by atoms with van der Waals surface area (Å²) < 4.78 is 10.9. The molecule has 1 aromatic rings. The summed E-state index contributed by atoms with van der Waals surface area (Å²) in [6.45, 7) is 2.12. The quantitative estimate of drug-likeness (QED) is 0.530. The first-order valence-corrected chi connectivity index (χ1v) is 9.60. The maximum absolute atomic E-state index is 5.46. The molecule has 96 valence electrons. The molecule has 0 aliphatic heterocycles. The van der Waals surface area contributed by atoms with E-state index in [0.29, 0.717) is 0 Å². The number of thioether (sulfide) groups is 1. The first-order valence-electron chi connectivity index (χ1n) is 5.92. The third kappa shape index (κ3) is 5.72. The molecule has 0 aliphatic rings. The van der Waals surface area contributed by atoms with E-state index in [0.717, 1.165) is 11.8 Å². The lowest BCUT2D eigenvalue weighted by atomic mass is 10.2. The molecule has 0 amide bonds. The van der Waals surface area contributed by atoms with E-state index in [2.05, 4.69) is 36.9 Å². The van der Waals surface area contributed by atoms with Gasteiger partial charge in [0, 0.05) is 20.0 Å². The van der Waals surface area contributed by atoms with Gasteiger partial charge in [-0.15, -0.1) is 0 Å². The van der Waals surface area contributed by atoms with Crippen molar-refractivity contribution < 1.29 is 8.85 Å². The standard InChI is InChI=1S/C13H22O2SSi/c1-14-17(3,15-2)11-7-10-16-12-13-8-5-4-6-9-13/h4-6,8-9H,7,10-12H2,1-3H3. The van der Waals surface area contributed by atoms with Crippen LogP contribution < -0.4 is 0 Å². The van der Waals surface area contributed by atoms with Gasteiger partial charge in [-0.3, -0.25) is 0 Å². The second kappa shape index (κ2) is 7.92. The van der Waals surface area contributed by atoms with Gasteiger partial charge in [0.25, 0.3) is 0 Å². The van der Waals surface area contributed by atoms with E-state index in [9.17, 15) is 0 Å². The lowest BCUT2D eigenvalue weighted by Gasteiger charge is -2.22. The van der Waals surface area contributed by atoms with Gasteiger partial charge in [0.1, 0.15) is 0 Å². The predicted molar refractivity (Wildman–Crippen MR) is 77.7 cm³/mol. The molecular weight excluding hydrogens is 248 g/mol. The van der Waals surface area contributed by atoms with E-state index in [4.69, 9.17) is 8.85 Å². The zero-order chi connectivity index (χ0) is 12.6. The Labute approximate surface area is 110 Å². The molecule has 0 bridgehead atoms. The number of benzene rings is 1. The van der Waals surface area contributed by atoms with Crippen LogP contribution in [0.1, 0.15) is 12.0 Å². The average Bonchev–Trinajstić information content (AvgIpc) is 2.39. The molecule has 0 heterocycles. The molecule has 17 heavy (non-hydrogen) atoms. The van der Waals surface area contributed by atoms with E-state index in [-0.39, 0.29) is 0 Å². The Morgan fingerprint density at radius 3 is 2.35 bits per heavy atom. The molecule has 2 nitrogen and oxygen atoms in total. The SMILES string of the molecule is CO[Si](C)(CCCSCc1ccccc1)OC. The number of rotatable bonds is 8. The number of hydrogen-bond donors (Lipinski definition) is 0. The maximum atomic E-state index is 5.46. The van der Waals surface area contributed by atoms with E-state index in [1.54, 1.807) is 14.2 Å². The van der Waals surface area contributed by atoms with Gasteiger partial charge in [-0.25, -0.2) is 0 Å². The van der Waals surface area contributed by atoms with Crippen LogP contribution in [0.15, 0.2) is 30.3 Å². The summed E-state index contributed by atoms with van der Waals surface area (Å²) in [6, 6.07) is 11.7. The molecule has 0 atom stereocenters. The minimum absolute atomic E-state index is 1.07. The second-order valence-corrected chi connectivity index (χ2v) is 8.87. The van der Waals surface area contributed by atoms with Crippen LogP contribution in [0.5, 0.6) is 0 Å². The van der Waals surface area contributed by atoms with Crippen LogP contribution in [0.4, 0.5) is 0 Å². The first-order chi connectivity index (χ1) is 8.20. The highest BCUT2D eigenvalue weighted by molar-refractivity contribution is 7.98. The van der Waals surface area contributed by atoms with Crippen molar-refractivity contribution in [3.8, 4) is 0 Å². The highest BCUT2D eigenvalue weighted by Crippen LogP contribution is 2.18. The van der Waals surface area contributed by atoms with Gasteiger partial charge in [0.2, 0.25) is 0 Å². The average molecular weight is 270 g/mol. The van der Waals surface area contributed by atoms with Gasteiger partial charge >= 0.3 is 8.56 Å². The lowest BCUT2D eigenvalue weighted by Crippen LogP contribution is -2.35. The van der Waals surface area contributed by atoms with Crippen molar-refractivity contribution in [2.45, 2.75) is 24.8 Å². The van der Waals surface area contributed by atoms with Crippen LogP contribution in [-0.2, 0) is 14.6 Å². The monoisotopic (exact) mass is 270 g/mol. The van der Waals surface area contributed by atoms with Gasteiger partial charge in [0.05, 0.1) is 0 Å². The Morgan fingerprint density at radius 1 is 1.12 bits per heavy atom. The van der Waals surface area contributed by atoms with E-state index in [1.807, 2.05) is 11.8 Å². The third-order valence-corrected chi connectivity index (χ3v) is 7.00. The van der Waals surface area contributed by atoms with Crippen LogP contribution in [-0.4, -0.2) is 28.5 Å². The molecule has 1 rings (SSSR count). The highest BCUT2D eigenvalue weighted by Gasteiger charge is 2.27. The van der Waals surface area contributed by atoms with Crippen molar-refractivity contribution in [3.05, 3.63) is 35.9 Å². The summed E-state index contributed by atoms with van der Waals surface area (Å²) in [5.74, 6) is 2.27. The predicted octanol–water partition coefficient (Wildman–Crippen LogP) is 3.67. The molecule has 0 saturated heterocycles. The number of hydrogen-bond acceptors (Lipinski definition) is 3. The van der Waals surface area contributed by atoms with Crippen LogP contribution >= 0.6 is 11.8 Å². The molecule has 0 radical (unpaired) electrons. The van der Waals surface area contributed by atoms with Gasteiger partial charge in [-0.05, 0) is 30.3 Å². The molecule has 1 aromatic carbocycles. The Hall–Kier alpha value is -0.293. The smallest absolute Gasteiger partial charge is 0.334 e. The van der Waals surface area contributed by atoms with Gasteiger partial charge in [0.15, 0.2) is 0 Å². The second-order valence-electron chi connectivity index (χ2n) is 4.18. The summed E-state index contributed by atoms with van der Waals surface area (Å²) in [6.07, 6.45) is 1.17. The molecule has 0 aromatic heterocycles. The minimum atomic E-state index is -1.84. The zero-order valence-electron chi connectivity index (χ0n) is 10.9. The van der Waals surface area contributed by atoms with Crippen molar-refractivity contribution in [2.24, 2.45) is 0 Å². The van der Waals surface area contributed by atoms with Crippen molar-refractivity contribution in [2.75, 3.05) is 20.0 Å². The van der Waals surface area contributed by atoms with Crippen molar-refractivity contribution in [1.29, 1.82) is 0 Å². The van der Waals surface area contributed by atoms with Gasteiger partial charge < -0.3 is 8.85 Å². The molecular formula is C13H22O2SSi. The van der Waals surface area contributed by atoms with E-state index >= 15 is 0 Å². The zero-order valence-corrected chi connectivity index (χ0v) is 12.8. The Kier molecular flexibility index (Phi) is 6.88. The molecule has 0 fully saturated rings. The first kappa shape index (κ1) is 14.8. The summed E-state index contributed by atoms with van der Waals surface area (Å²) in [5, 5.41) is 0. The normalized spacial score (nSPS) is 11.7. The fraction of sp³-hybridized carbons (Fsp3) is 0.538. The third-order valence-electron chi connectivity index (χ3n) is 2.89. The van der Waals surface area contributed by atoms with Gasteiger partial charge in [-0.2, -0.15) is 11.8 Å². The minimum Gasteiger partial charge on any atom is -0.398 e. The van der Waals surface area contributed by atoms with E-state index < -0.39 is 8.56 Å². The summed E-state index contributed by atoms with van der Waals surface area (Å²) in [5.41, 5.74) is 1.40. The molecule has 0 N–H and O–H groups in total. The summed E-state index contributed by atoms with van der Waals surface area (Å²) in [7, 11) is 1.67. The lowest BCUT2D eigenvalue weighted by molar-refractivity contribution is 0.249. The fourth-order valence-corrected chi connectivity index (χ4v) is 4.12. The topological polar surface area (TPSA) is 18.5 Å². The Bertz CT molecular complexity index is 302. The van der Waals surface area contributed by atoms with Crippen molar-refractivity contribution >= 4 is 20.3 Å². The van der Waals surface area contributed by atoms with Crippen LogP contribution in [0.25, 0.3) is 0 Å². The van der Waals surface area contributed by atoms with Crippen LogP contribution in [0.3, 0.4) is 0 Å². The molecule has 0 saturated carbocycles. The molecule has 0 spiro atoms. The highest BCUT2D eigenvalue weighted by atomic mass is 32.2. The maximum Gasteiger partial charge on any atom is 0.334 e. The van der Waals surface area contributed by atoms with E-state index in [1.165, 1.54) is 17.7 Å². The summed E-state index contributed by atoms with van der Waals surface area (Å²) >= 11 is 1.98. The Balaban J connectivity index is 2.13. The van der Waals surface area contributed by atoms with Crippen molar-refractivity contribution in [1.82, 2.24) is 0 Å². The summed E-state index contributed by atoms with van der Waals surface area (Å²) in [4.78, 5) is 0. The van der Waals surface area contributed by atoms with Crippen molar-refractivity contribution in [3.63, 3.8) is 0 Å².